The first-order chi connectivity index (χ1) is 12.2. The van der Waals surface area contributed by atoms with Crippen LogP contribution in [0.3, 0.4) is 0 Å². The summed E-state index contributed by atoms with van der Waals surface area (Å²) in [5.74, 6) is 2.04. The highest BCUT2D eigenvalue weighted by atomic mass is 16.5. The molecule has 7 nitrogen and oxygen atoms in total. The van der Waals surface area contributed by atoms with Crippen LogP contribution in [0.1, 0.15) is 6.42 Å². The maximum atomic E-state index is 12.1. The Labute approximate surface area is 146 Å². The molecule has 0 aliphatic carbocycles. The van der Waals surface area contributed by atoms with Gasteiger partial charge in [-0.3, -0.25) is 0 Å². The number of nitrogens with one attached hydrogen (secondary N) is 2. The number of hydrogen-bond acceptors (Lipinski definition) is 5. The van der Waals surface area contributed by atoms with Crippen molar-refractivity contribution in [3.63, 3.8) is 0 Å². The topological polar surface area (TPSA) is 81.7 Å². The number of nitrogens with zero attached hydrogens (tertiary/aromatic N) is 1. The fourth-order valence-electron chi connectivity index (χ4n) is 2.47. The van der Waals surface area contributed by atoms with E-state index in [1.165, 1.54) is 0 Å². The summed E-state index contributed by atoms with van der Waals surface area (Å²) in [5, 5.41) is 5.62. The zero-order chi connectivity index (χ0) is 17.5. The van der Waals surface area contributed by atoms with Crippen molar-refractivity contribution in [1.82, 2.24) is 10.3 Å². The summed E-state index contributed by atoms with van der Waals surface area (Å²) in [6.07, 6.45) is 2.58. The van der Waals surface area contributed by atoms with Gasteiger partial charge in [-0.05, 0) is 42.8 Å². The Bertz CT molecular complexity index is 700. The van der Waals surface area contributed by atoms with Crippen LogP contribution in [0.2, 0.25) is 0 Å². The molecule has 25 heavy (non-hydrogen) atoms. The quantitative estimate of drug-likeness (QED) is 0.842. The zero-order valence-electron chi connectivity index (χ0n) is 14.0. The summed E-state index contributed by atoms with van der Waals surface area (Å²) in [5.41, 5.74) is 0.499. The highest BCUT2D eigenvalue weighted by molar-refractivity contribution is 5.90. The number of amides is 2. The van der Waals surface area contributed by atoms with Gasteiger partial charge in [-0.15, -0.1) is 0 Å². The van der Waals surface area contributed by atoms with Gasteiger partial charge in [-0.1, -0.05) is 0 Å². The lowest BCUT2D eigenvalue weighted by molar-refractivity contribution is 0.185. The van der Waals surface area contributed by atoms with Crippen molar-refractivity contribution in [3.8, 4) is 17.4 Å². The molecule has 132 valence electrons. The summed E-state index contributed by atoms with van der Waals surface area (Å²) < 4.78 is 16.2. The maximum absolute atomic E-state index is 12.1. The minimum atomic E-state index is -0.292. The van der Waals surface area contributed by atoms with Gasteiger partial charge in [0, 0.05) is 25.3 Å². The number of rotatable bonds is 6. The molecule has 2 aromatic rings. The number of benzene rings is 1. The Hall–Kier alpha value is -2.80. The average Bonchev–Trinajstić information content (AvgIpc) is 3.16. The number of hydrogen-bond donors (Lipinski definition) is 2. The van der Waals surface area contributed by atoms with E-state index in [4.69, 9.17) is 14.2 Å². The molecule has 0 saturated carbocycles. The SMILES string of the molecule is COc1ccc(Oc2ncccc2NC(=O)NC[C@@H]2CCOC2)cc1. The molecule has 1 atom stereocenters. The Morgan fingerprint density at radius 2 is 2.08 bits per heavy atom. The van der Waals surface area contributed by atoms with E-state index in [1.807, 2.05) is 0 Å². The predicted octanol–water partition coefficient (Wildman–Crippen LogP) is 3.04. The van der Waals surface area contributed by atoms with Crippen molar-refractivity contribution in [2.24, 2.45) is 5.92 Å². The molecule has 1 aromatic heterocycles. The number of methoxy groups -OCH3 is 1. The molecule has 7 heteroatoms. The van der Waals surface area contributed by atoms with Crippen LogP contribution in [0.25, 0.3) is 0 Å². The van der Waals surface area contributed by atoms with Gasteiger partial charge in [0.05, 0.1) is 13.7 Å². The number of ether oxygens (including phenoxy) is 3. The van der Waals surface area contributed by atoms with E-state index in [0.29, 0.717) is 36.4 Å². The van der Waals surface area contributed by atoms with Crippen molar-refractivity contribution >= 4 is 11.7 Å². The smallest absolute Gasteiger partial charge is 0.319 e. The van der Waals surface area contributed by atoms with Crippen LogP contribution in [0, 0.1) is 5.92 Å². The second kappa shape index (κ2) is 8.34. The molecule has 0 spiro atoms. The minimum absolute atomic E-state index is 0.292. The first-order valence-electron chi connectivity index (χ1n) is 8.14. The van der Waals surface area contributed by atoms with Crippen molar-refractivity contribution in [2.45, 2.75) is 6.42 Å². The standard InChI is InChI=1S/C18H21N3O4/c1-23-14-4-6-15(7-5-14)25-17-16(3-2-9-19-17)21-18(22)20-11-13-8-10-24-12-13/h2-7,9,13H,8,10-12H2,1H3,(H2,20,21,22)/t13-/m0/s1. The molecule has 1 aromatic carbocycles. The number of aromatic nitrogens is 1. The lowest BCUT2D eigenvalue weighted by atomic mass is 10.1. The molecule has 2 amide bonds. The summed E-state index contributed by atoms with van der Waals surface area (Å²) in [7, 11) is 1.60. The molecular formula is C18H21N3O4. The van der Waals surface area contributed by atoms with Gasteiger partial charge in [-0.25, -0.2) is 9.78 Å². The predicted molar refractivity (Wildman–Crippen MR) is 93.3 cm³/mol. The Kier molecular flexibility index (Phi) is 5.69. The van der Waals surface area contributed by atoms with Crippen LogP contribution in [-0.2, 0) is 4.74 Å². The summed E-state index contributed by atoms with van der Waals surface area (Å²) in [6, 6.07) is 10.3. The van der Waals surface area contributed by atoms with Crippen molar-refractivity contribution in [1.29, 1.82) is 0 Å². The first kappa shape index (κ1) is 17.0. The van der Waals surface area contributed by atoms with E-state index in [2.05, 4.69) is 15.6 Å². The van der Waals surface area contributed by atoms with Crippen LogP contribution in [0.15, 0.2) is 42.6 Å². The van der Waals surface area contributed by atoms with Gasteiger partial charge >= 0.3 is 6.03 Å². The van der Waals surface area contributed by atoms with E-state index in [1.54, 1.807) is 49.7 Å². The summed E-state index contributed by atoms with van der Waals surface area (Å²) >= 11 is 0. The molecule has 1 aliphatic rings. The molecule has 3 rings (SSSR count). The van der Waals surface area contributed by atoms with E-state index in [0.717, 1.165) is 18.8 Å². The maximum Gasteiger partial charge on any atom is 0.319 e. The lowest BCUT2D eigenvalue weighted by Gasteiger charge is -2.13. The average molecular weight is 343 g/mol. The molecule has 0 radical (unpaired) electrons. The first-order valence-corrected chi connectivity index (χ1v) is 8.14. The van der Waals surface area contributed by atoms with Gasteiger partial charge in [0.25, 0.3) is 0 Å². The third-order valence-electron chi connectivity index (χ3n) is 3.87. The highest BCUT2D eigenvalue weighted by Crippen LogP contribution is 2.28. The largest absolute Gasteiger partial charge is 0.497 e. The van der Waals surface area contributed by atoms with E-state index in [-0.39, 0.29) is 6.03 Å². The Morgan fingerprint density at radius 3 is 2.80 bits per heavy atom. The second-order valence-corrected chi connectivity index (χ2v) is 5.70. The Balaban J connectivity index is 1.60. The van der Waals surface area contributed by atoms with Crippen molar-refractivity contribution in [3.05, 3.63) is 42.6 Å². The lowest BCUT2D eigenvalue weighted by Crippen LogP contribution is -2.33. The van der Waals surface area contributed by atoms with Gasteiger partial charge in [0.1, 0.15) is 17.2 Å². The fourth-order valence-corrected chi connectivity index (χ4v) is 2.47. The molecule has 2 heterocycles. The van der Waals surface area contributed by atoms with Gasteiger partial charge in [-0.2, -0.15) is 0 Å². The fraction of sp³-hybridized carbons (Fsp3) is 0.333. The highest BCUT2D eigenvalue weighted by Gasteiger charge is 2.17. The number of carbonyl (C=O) groups is 1. The molecule has 0 unspecified atom stereocenters. The number of anilines is 1. The number of pyridine rings is 1. The monoisotopic (exact) mass is 343 g/mol. The van der Waals surface area contributed by atoms with Crippen molar-refractivity contribution < 1.29 is 19.0 Å². The van der Waals surface area contributed by atoms with Crippen LogP contribution < -0.4 is 20.1 Å². The Morgan fingerprint density at radius 1 is 1.28 bits per heavy atom. The molecule has 1 saturated heterocycles. The summed E-state index contributed by atoms with van der Waals surface area (Å²) in [4.78, 5) is 16.3. The second-order valence-electron chi connectivity index (χ2n) is 5.70. The van der Waals surface area contributed by atoms with Gasteiger partial charge < -0.3 is 24.8 Å². The minimum Gasteiger partial charge on any atom is -0.497 e. The van der Waals surface area contributed by atoms with Crippen LogP contribution in [0.4, 0.5) is 10.5 Å². The van der Waals surface area contributed by atoms with E-state index >= 15 is 0 Å². The van der Waals surface area contributed by atoms with Gasteiger partial charge in [0.2, 0.25) is 5.88 Å². The molecule has 0 bridgehead atoms. The number of urea groups is 1. The van der Waals surface area contributed by atoms with Crippen LogP contribution >= 0.6 is 0 Å². The number of carbonyl (C=O) groups excluding carboxylic acids is 1. The summed E-state index contributed by atoms with van der Waals surface area (Å²) in [6.45, 7) is 2.04. The zero-order valence-corrected chi connectivity index (χ0v) is 14.0. The van der Waals surface area contributed by atoms with Crippen LogP contribution in [-0.4, -0.2) is 37.9 Å². The van der Waals surface area contributed by atoms with Crippen molar-refractivity contribution in [2.75, 3.05) is 32.2 Å². The third kappa shape index (κ3) is 4.84. The molecule has 1 fully saturated rings. The molecule has 1 aliphatic heterocycles. The van der Waals surface area contributed by atoms with E-state index in [9.17, 15) is 4.79 Å². The van der Waals surface area contributed by atoms with E-state index < -0.39 is 0 Å². The van der Waals surface area contributed by atoms with Crippen LogP contribution in [0.5, 0.6) is 17.4 Å². The molecule has 2 N–H and O–H groups in total. The normalized spacial score (nSPS) is 16.3. The van der Waals surface area contributed by atoms with Gasteiger partial charge in [0.15, 0.2) is 0 Å². The third-order valence-corrected chi connectivity index (χ3v) is 3.87. The molecular weight excluding hydrogens is 322 g/mol.